The summed E-state index contributed by atoms with van der Waals surface area (Å²) in [7, 11) is -3.50. The average Bonchev–Trinajstić information content (AvgIpc) is 2.69. The molecule has 0 atom stereocenters. The number of sulfonamides is 1. The Labute approximate surface area is 183 Å². The van der Waals surface area contributed by atoms with Gasteiger partial charge in [-0.2, -0.15) is 0 Å². The number of pyridine rings is 3. The molecule has 0 aliphatic carbocycles. The number of rotatable bonds is 5. The van der Waals surface area contributed by atoms with Crippen molar-refractivity contribution in [2.45, 2.75) is 0 Å². The summed E-state index contributed by atoms with van der Waals surface area (Å²) in [6.45, 7) is 0. The maximum absolute atomic E-state index is 11.6. The topological polar surface area (TPSA) is 96.9 Å². The van der Waals surface area contributed by atoms with Crippen molar-refractivity contribution in [3.05, 3.63) is 71.1 Å². The van der Waals surface area contributed by atoms with Gasteiger partial charge in [-0.25, -0.2) is 18.4 Å². The number of hydrogen-bond acceptors (Lipinski definition) is 6. The van der Waals surface area contributed by atoms with E-state index in [1.807, 2.05) is 30.3 Å². The molecular weight excluding hydrogens is 445 g/mol. The van der Waals surface area contributed by atoms with Gasteiger partial charge in [0.1, 0.15) is 5.52 Å². The van der Waals surface area contributed by atoms with Crippen LogP contribution in [-0.4, -0.2) is 29.6 Å². The van der Waals surface area contributed by atoms with Crippen molar-refractivity contribution >= 4 is 61.3 Å². The first-order valence-corrected chi connectivity index (χ1v) is 11.4. The smallest absolute Gasteiger partial charge is 0.229 e. The van der Waals surface area contributed by atoms with Crippen molar-refractivity contribution in [2.75, 3.05) is 16.3 Å². The summed E-state index contributed by atoms with van der Waals surface area (Å²) in [4.78, 5) is 13.1. The summed E-state index contributed by atoms with van der Waals surface area (Å²) < 4.78 is 25.5. The molecule has 10 heteroatoms. The van der Waals surface area contributed by atoms with Gasteiger partial charge in [0.15, 0.2) is 5.15 Å². The highest BCUT2D eigenvalue weighted by atomic mass is 35.5. The van der Waals surface area contributed by atoms with Crippen LogP contribution in [0.15, 0.2) is 60.9 Å². The maximum atomic E-state index is 11.6. The summed E-state index contributed by atoms with van der Waals surface area (Å²) in [6.07, 6.45) is 4.27. The van der Waals surface area contributed by atoms with Gasteiger partial charge in [0.05, 0.1) is 28.8 Å². The lowest BCUT2D eigenvalue weighted by atomic mass is 10.1. The lowest BCUT2D eigenvalue weighted by molar-refractivity contribution is 0.607. The van der Waals surface area contributed by atoms with Crippen molar-refractivity contribution in [3.8, 4) is 11.3 Å². The van der Waals surface area contributed by atoms with E-state index >= 15 is 0 Å². The molecule has 1 aromatic carbocycles. The van der Waals surface area contributed by atoms with E-state index in [9.17, 15) is 8.42 Å². The second kappa shape index (κ2) is 8.06. The molecule has 0 bridgehead atoms. The maximum Gasteiger partial charge on any atom is 0.229 e. The van der Waals surface area contributed by atoms with E-state index in [0.29, 0.717) is 27.3 Å². The SMILES string of the molecule is CS(=O)(=O)Nc1cc(-c2ccc3nccc(Nc4cccc(Cl)c4)c3n2)cnc1Cl. The fourth-order valence-electron chi connectivity index (χ4n) is 2.87. The fraction of sp³-hybridized carbons (Fsp3) is 0.0500. The van der Waals surface area contributed by atoms with Gasteiger partial charge in [-0.15, -0.1) is 0 Å². The van der Waals surface area contributed by atoms with Crippen LogP contribution in [-0.2, 0) is 10.0 Å². The zero-order chi connectivity index (χ0) is 21.3. The van der Waals surface area contributed by atoms with Crippen LogP contribution in [0.4, 0.5) is 17.1 Å². The van der Waals surface area contributed by atoms with Crippen LogP contribution in [0.5, 0.6) is 0 Å². The first kappa shape index (κ1) is 20.3. The first-order chi connectivity index (χ1) is 14.3. The third kappa shape index (κ3) is 4.62. The normalized spacial score (nSPS) is 11.4. The Morgan fingerprint density at radius 2 is 1.80 bits per heavy atom. The third-order valence-electron chi connectivity index (χ3n) is 4.12. The number of fused-ring (bicyclic) bond motifs is 1. The minimum Gasteiger partial charge on any atom is -0.354 e. The number of benzene rings is 1. The van der Waals surface area contributed by atoms with Crippen molar-refractivity contribution in [2.24, 2.45) is 0 Å². The van der Waals surface area contributed by atoms with Crippen LogP contribution < -0.4 is 10.0 Å². The molecule has 0 fully saturated rings. The van der Waals surface area contributed by atoms with E-state index in [2.05, 4.69) is 20.0 Å². The number of anilines is 3. The quantitative estimate of drug-likeness (QED) is 0.402. The van der Waals surface area contributed by atoms with Crippen molar-refractivity contribution in [1.29, 1.82) is 0 Å². The number of aromatic nitrogens is 3. The van der Waals surface area contributed by atoms with Crippen molar-refractivity contribution in [3.63, 3.8) is 0 Å². The van der Waals surface area contributed by atoms with Crippen LogP contribution in [0.2, 0.25) is 10.2 Å². The summed E-state index contributed by atoms with van der Waals surface area (Å²) in [5.41, 5.74) is 4.28. The second-order valence-corrected chi connectivity index (χ2v) is 9.04. The van der Waals surface area contributed by atoms with Crippen LogP contribution in [0, 0.1) is 0 Å². The zero-order valence-corrected chi connectivity index (χ0v) is 17.9. The summed E-state index contributed by atoms with van der Waals surface area (Å²) in [6, 6.07) is 14.4. The van der Waals surface area contributed by atoms with Crippen LogP contribution in [0.25, 0.3) is 22.3 Å². The van der Waals surface area contributed by atoms with E-state index < -0.39 is 10.0 Å². The molecule has 0 saturated carbocycles. The molecule has 0 saturated heterocycles. The van der Waals surface area contributed by atoms with E-state index in [1.165, 1.54) is 6.20 Å². The van der Waals surface area contributed by atoms with Gasteiger partial charge in [-0.1, -0.05) is 29.3 Å². The van der Waals surface area contributed by atoms with Crippen LogP contribution >= 0.6 is 23.2 Å². The summed E-state index contributed by atoms with van der Waals surface area (Å²) in [5, 5.41) is 3.97. The Bertz CT molecular complexity index is 1360. The lowest BCUT2D eigenvalue weighted by Gasteiger charge is -2.11. The molecule has 7 nitrogen and oxygen atoms in total. The minimum atomic E-state index is -3.50. The Kier molecular flexibility index (Phi) is 5.46. The largest absolute Gasteiger partial charge is 0.354 e. The molecule has 3 aromatic heterocycles. The second-order valence-electron chi connectivity index (χ2n) is 6.49. The molecule has 0 aliphatic rings. The Hall–Kier alpha value is -2.94. The molecular formula is C20H15Cl2N5O2S. The van der Waals surface area contributed by atoms with Gasteiger partial charge < -0.3 is 5.32 Å². The molecule has 0 radical (unpaired) electrons. The Balaban J connectivity index is 1.77. The lowest BCUT2D eigenvalue weighted by Crippen LogP contribution is -2.10. The van der Waals surface area contributed by atoms with Crippen LogP contribution in [0.1, 0.15) is 0 Å². The molecule has 4 aromatic rings. The molecule has 0 amide bonds. The van der Waals surface area contributed by atoms with E-state index in [0.717, 1.165) is 17.6 Å². The van der Waals surface area contributed by atoms with Crippen LogP contribution in [0.3, 0.4) is 0 Å². The number of nitrogens with one attached hydrogen (secondary N) is 2. The molecule has 2 N–H and O–H groups in total. The molecule has 4 rings (SSSR count). The highest BCUT2D eigenvalue weighted by Crippen LogP contribution is 2.30. The molecule has 3 heterocycles. The number of halogens is 2. The zero-order valence-electron chi connectivity index (χ0n) is 15.6. The standard InChI is InChI=1S/C20H15Cl2N5O2S/c1-30(28,29)27-18-9-12(11-24-20(18)22)15-5-6-16-19(26-15)17(7-8-23-16)25-14-4-2-3-13(21)10-14/h2-11,27H,1H3,(H,23,25). The highest BCUT2D eigenvalue weighted by molar-refractivity contribution is 7.92. The molecule has 0 aliphatic heterocycles. The van der Waals surface area contributed by atoms with Gasteiger partial charge in [0.25, 0.3) is 0 Å². The third-order valence-corrected chi connectivity index (χ3v) is 5.24. The van der Waals surface area contributed by atoms with Gasteiger partial charge in [0.2, 0.25) is 10.0 Å². The van der Waals surface area contributed by atoms with Gasteiger partial charge in [0, 0.05) is 28.7 Å². The fourth-order valence-corrected chi connectivity index (χ4v) is 3.82. The Morgan fingerprint density at radius 1 is 0.967 bits per heavy atom. The number of hydrogen-bond donors (Lipinski definition) is 2. The van der Waals surface area contributed by atoms with E-state index in [4.69, 9.17) is 28.2 Å². The highest BCUT2D eigenvalue weighted by Gasteiger charge is 2.12. The first-order valence-electron chi connectivity index (χ1n) is 8.70. The van der Waals surface area contributed by atoms with Crippen molar-refractivity contribution in [1.82, 2.24) is 15.0 Å². The predicted molar refractivity (Wildman–Crippen MR) is 121 cm³/mol. The van der Waals surface area contributed by atoms with E-state index in [-0.39, 0.29) is 10.8 Å². The molecule has 30 heavy (non-hydrogen) atoms. The average molecular weight is 460 g/mol. The van der Waals surface area contributed by atoms with Crippen molar-refractivity contribution < 1.29 is 8.42 Å². The predicted octanol–water partition coefficient (Wildman–Crippen LogP) is 5.11. The molecule has 0 spiro atoms. The van der Waals surface area contributed by atoms with Gasteiger partial charge in [-0.3, -0.25) is 9.71 Å². The molecule has 152 valence electrons. The molecule has 0 unspecified atom stereocenters. The van der Waals surface area contributed by atoms with E-state index in [1.54, 1.807) is 24.4 Å². The monoisotopic (exact) mass is 459 g/mol. The Morgan fingerprint density at radius 3 is 2.57 bits per heavy atom. The summed E-state index contributed by atoms with van der Waals surface area (Å²) in [5.74, 6) is 0. The minimum absolute atomic E-state index is 0.0509. The number of nitrogens with zero attached hydrogens (tertiary/aromatic N) is 3. The van der Waals surface area contributed by atoms with Gasteiger partial charge in [-0.05, 0) is 42.5 Å². The van der Waals surface area contributed by atoms with Gasteiger partial charge >= 0.3 is 0 Å². The summed E-state index contributed by atoms with van der Waals surface area (Å²) >= 11 is 12.1.